The predicted octanol–water partition coefficient (Wildman–Crippen LogP) is 2.90. The first-order chi connectivity index (χ1) is 10.3. The number of aryl methyl sites for hydroxylation is 1. The van der Waals surface area contributed by atoms with Crippen LogP contribution in [0.4, 0.5) is 0 Å². The van der Waals surface area contributed by atoms with Gasteiger partial charge in [0.15, 0.2) is 0 Å². The van der Waals surface area contributed by atoms with Crippen molar-refractivity contribution in [3.05, 3.63) is 35.4 Å². The van der Waals surface area contributed by atoms with Crippen LogP contribution in [0, 0.1) is 6.92 Å². The number of rotatable bonds is 5. The smallest absolute Gasteiger partial charge is 0.0897 e. The summed E-state index contributed by atoms with van der Waals surface area (Å²) in [5.41, 5.74) is 2.69. The van der Waals surface area contributed by atoms with Gasteiger partial charge in [0.25, 0.3) is 0 Å². The maximum Gasteiger partial charge on any atom is 0.0897 e. The minimum atomic E-state index is 0.271. The van der Waals surface area contributed by atoms with E-state index in [0.717, 1.165) is 26.1 Å². The Morgan fingerprint density at radius 3 is 3.14 bits per heavy atom. The Morgan fingerprint density at radius 1 is 1.43 bits per heavy atom. The van der Waals surface area contributed by atoms with Crippen molar-refractivity contribution in [3.8, 4) is 0 Å². The molecule has 21 heavy (non-hydrogen) atoms. The fraction of sp³-hybridized carbons (Fsp3) is 0.667. The van der Waals surface area contributed by atoms with Gasteiger partial charge in [0.1, 0.15) is 0 Å². The van der Waals surface area contributed by atoms with Crippen LogP contribution >= 0.6 is 0 Å². The minimum absolute atomic E-state index is 0.271. The summed E-state index contributed by atoms with van der Waals surface area (Å²) in [6, 6.07) is 9.84. The molecule has 2 heterocycles. The molecule has 0 radical (unpaired) electrons. The summed E-state index contributed by atoms with van der Waals surface area (Å²) in [6.07, 6.45) is 4.07. The van der Waals surface area contributed by atoms with Crippen molar-refractivity contribution in [2.75, 3.05) is 26.2 Å². The summed E-state index contributed by atoms with van der Waals surface area (Å²) in [6.45, 7) is 8.65. The summed E-state index contributed by atoms with van der Waals surface area (Å²) in [5.74, 6) is 0. The first-order valence-corrected chi connectivity index (χ1v) is 8.43. The SMILES string of the molecule is CCCNC(c1cccc(C)c1)C1CN2CCCC2CO1. The van der Waals surface area contributed by atoms with Gasteiger partial charge in [-0.1, -0.05) is 36.8 Å². The van der Waals surface area contributed by atoms with Gasteiger partial charge in [0.05, 0.1) is 18.8 Å². The lowest BCUT2D eigenvalue weighted by molar-refractivity contribution is -0.0652. The molecule has 3 heteroatoms. The zero-order valence-corrected chi connectivity index (χ0v) is 13.3. The van der Waals surface area contributed by atoms with Gasteiger partial charge in [0, 0.05) is 12.6 Å². The minimum Gasteiger partial charge on any atom is -0.373 e. The molecule has 1 aromatic rings. The number of benzene rings is 1. The number of morpholine rings is 1. The van der Waals surface area contributed by atoms with E-state index in [0.29, 0.717) is 12.1 Å². The van der Waals surface area contributed by atoms with E-state index in [9.17, 15) is 0 Å². The molecule has 2 saturated heterocycles. The van der Waals surface area contributed by atoms with E-state index in [1.165, 1.54) is 30.5 Å². The Morgan fingerprint density at radius 2 is 2.33 bits per heavy atom. The van der Waals surface area contributed by atoms with Crippen LogP contribution in [-0.2, 0) is 4.74 Å². The quantitative estimate of drug-likeness (QED) is 0.901. The lowest BCUT2D eigenvalue weighted by atomic mass is 9.97. The van der Waals surface area contributed by atoms with Crippen molar-refractivity contribution in [2.24, 2.45) is 0 Å². The molecule has 0 saturated carbocycles. The van der Waals surface area contributed by atoms with Crippen LogP contribution < -0.4 is 5.32 Å². The van der Waals surface area contributed by atoms with Gasteiger partial charge in [-0.15, -0.1) is 0 Å². The summed E-state index contributed by atoms with van der Waals surface area (Å²) in [5, 5.41) is 3.71. The number of nitrogens with one attached hydrogen (secondary N) is 1. The lowest BCUT2D eigenvalue weighted by Gasteiger charge is -2.39. The molecule has 2 aliphatic heterocycles. The summed E-state index contributed by atoms with van der Waals surface area (Å²) in [7, 11) is 0. The molecule has 0 aliphatic carbocycles. The molecular formula is C18H28N2O. The van der Waals surface area contributed by atoms with Crippen molar-refractivity contribution >= 4 is 0 Å². The molecule has 2 aliphatic rings. The van der Waals surface area contributed by atoms with E-state index >= 15 is 0 Å². The fourth-order valence-corrected chi connectivity index (χ4v) is 3.67. The predicted molar refractivity (Wildman–Crippen MR) is 86.5 cm³/mol. The number of fused-ring (bicyclic) bond motifs is 1. The van der Waals surface area contributed by atoms with Crippen LogP contribution in [0.15, 0.2) is 24.3 Å². The monoisotopic (exact) mass is 288 g/mol. The molecular weight excluding hydrogens is 260 g/mol. The van der Waals surface area contributed by atoms with Crippen molar-refractivity contribution in [2.45, 2.75) is 51.3 Å². The Bertz CT molecular complexity index is 462. The van der Waals surface area contributed by atoms with E-state index in [1.54, 1.807) is 0 Å². The fourth-order valence-electron chi connectivity index (χ4n) is 3.67. The van der Waals surface area contributed by atoms with E-state index in [1.807, 2.05) is 0 Å². The number of nitrogens with zero attached hydrogens (tertiary/aromatic N) is 1. The molecule has 0 amide bonds. The third-order valence-electron chi connectivity index (χ3n) is 4.80. The maximum absolute atomic E-state index is 6.24. The first-order valence-electron chi connectivity index (χ1n) is 8.43. The third-order valence-corrected chi connectivity index (χ3v) is 4.80. The lowest BCUT2D eigenvalue weighted by Crippen LogP contribution is -2.50. The molecule has 0 spiro atoms. The largest absolute Gasteiger partial charge is 0.373 e. The summed E-state index contributed by atoms with van der Waals surface area (Å²) in [4.78, 5) is 2.63. The second-order valence-corrected chi connectivity index (χ2v) is 6.51. The van der Waals surface area contributed by atoms with Gasteiger partial charge in [-0.05, 0) is 44.8 Å². The van der Waals surface area contributed by atoms with Gasteiger partial charge in [-0.2, -0.15) is 0 Å². The van der Waals surface area contributed by atoms with Crippen LogP contribution in [0.3, 0.4) is 0 Å². The molecule has 0 aromatic heterocycles. The zero-order chi connectivity index (χ0) is 14.7. The molecule has 3 atom stereocenters. The Kier molecular flexibility index (Phi) is 4.94. The van der Waals surface area contributed by atoms with Crippen LogP contribution in [0.2, 0.25) is 0 Å². The second kappa shape index (κ2) is 6.91. The standard InChI is InChI=1S/C18H28N2O/c1-3-9-19-18(15-7-4-6-14(2)11-15)17-12-20-10-5-8-16(20)13-21-17/h4,6-7,11,16-19H,3,5,8-10,12-13H2,1-2H3. The number of ether oxygens (including phenoxy) is 1. The highest BCUT2D eigenvalue weighted by molar-refractivity contribution is 5.26. The number of hydrogen-bond acceptors (Lipinski definition) is 3. The van der Waals surface area contributed by atoms with Crippen LogP contribution in [-0.4, -0.2) is 43.3 Å². The molecule has 0 bridgehead atoms. The van der Waals surface area contributed by atoms with Gasteiger partial charge in [0.2, 0.25) is 0 Å². The normalized spacial score (nSPS) is 27.5. The highest BCUT2D eigenvalue weighted by atomic mass is 16.5. The Labute approximate surface area is 128 Å². The van der Waals surface area contributed by atoms with Crippen molar-refractivity contribution in [1.29, 1.82) is 0 Å². The average Bonchev–Trinajstić information content (AvgIpc) is 2.95. The molecule has 3 unspecified atom stereocenters. The van der Waals surface area contributed by atoms with E-state index in [2.05, 4.69) is 48.3 Å². The van der Waals surface area contributed by atoms with Crippen LogP contribution in [0.5, 0.6) is 0 Å². The molecule has 3 rings (SSSR count). The van der Waals surface area contributed by atoms with E-state index in [4.69, 9.17) is 4.74 Å². The Balaban J connectivity index is 1.75. The number of hydrogen-bond donors (Lipinski definition) is 1. The molecule has 2 fully saturated rings. The van der Waals surface area contributed by atoms with Gasteiger partial charge >= 0.3 is 0 Å². The first kappa shape index (κ1) is 15.0. The Hall–Kier alpha value is -0.900. The van der Waals surface area contributed by atoms with E-state index < -0.39 is 0 Å². The summed E-state index contributed by atoms with van der Waals surface area (Å²) >= 11 is 0. The van der Waals surface area contributed by atoms with Crippen LogP contribution in [0.1, 0.15) is 43.4 Å². The van der Waals surface area contributed by atoms with Crippen LogP contribution in [0.25, 0.3) is 0 Å². The molecule has 3 nitrogen and oxygen atoms in total. The van der Waals surface area contributed by atoms with E-state index in [-0.39, 0.29) is 6.10 Å². The highest BCUT2D eigenvalue weighted by Crippen LogP contribution is 2.29. The van der Waals surface area contributed by atoms with Gasteiger partial charge < -0.3 is 10.1 Å². The molecule has 1 aromatic carbocycles. The maximum atomic E-state index is 6.24. The van der Waals surface area contributed by atoms with Crippen molar-refractivity contribution < 1.29 is 4.74 Å². The second-order valence-electron chi connectivity index (χ2n) is 6.51. The third kappa shape index (κ3) is 3.47. The highest BCUT2D eigenvalue weighted by Gasteiger charge is 2.36. The zero-order valence-electron chi connectivity index (χ0n) is 13.3. The van der Waals surface area contributed by atoms with Crippen molar-refractivity contribution in [3.63, 3.8) is 0 Å². The topological polar surface area (TPSA) is 24.5 Å². The molecule has 1 N–H and O–H groups in total. The van der Waals surface area contributed by atoms with Gasteiger partial charge in [-0.25, -0.2) is 0 Å². The average molecular weight is 288 g/mol. The van der Waals surface area contributed by atoms with Crippen molar-refractivity contribution in [1.82, 2.24) is 10.2 Å². The molecule has 116 valence electrons. The summed E-state index contributed by atoms with van der Waals surface area (Å²) < 4.78 is 6.24. The van der Waals surface area contributed by atoms with Gasteiger partial charge in [-0.3, -0.25) is 4.90 Å².